The molecule has 2 aromatic carbocycles. The molecular formula is C23H28Cl2N2O2. The fraction of sp³-hybridized carbons (Fsp3) is 0.391. The van der Waals surface area contributed by atoms with E-state index in [1.807, 2.05) is 57.2 Å². The third kappa shape index (κ3) is 6.48. The number of halogens is 2. The Bertz CT molecular complexity index is 841. The van der Waals surface area contributed by atoms with Crippen LogP contribution in [0.2, 0.25) is 10.0 Å². The van der Waals surface area contributed by atoms with Gasteiger partial charge in [-0.15, -0.1) is 0 Å². The van der Waals surface area contributed by atoms with Crippen LogP contribution < -0.4 is 5.32 Å². The molecule has 6 heteroatoms. The number of nitrogens with zero attached hydrogens (tertiary/aromatic N) is 1. The Morgan fingerprint density at radius 2 is 1.48 bits per heavy atom. The van der Waals surface area contributed by atoms with Gasteiger partial charge in [-0.2, -0.15) is 0 Å². The van der Waals surface area contributed by atoms with Gasteiger partial charge in [0.05, 0.1) is 6.42 Å². The van der Waals surface area contributed by atoms with Gasteiger partial charge in [0.1, 0.15) is 6.04 Å². The predicted octanol–water partition coefficient (Wildman–Crippen LogP) is 5.26. The van der Waals surface area contributed by atoms with Crippen LogP contribution in [0.3, 0.4) is 0 Å². The summed E-state index contributed by atoms with van der Waals surface area (Å²) in [6.07, 6.45) is 1.44. The van der Waals surface area contributed by atoms with E-state index in [4.69, 9.17) is 23.2 Å². The Balaban J connectivity index is 2.33. The van der Waals surface area contributed by atoms with E-state index in [2.05, 4.69) is 5.32 Å². The van der Waals surface area contributed by atoms with E-state index in [0.29, 0.717) is 16.5 Å². The van der Waals surface area contributed by atoms with Gasteiger partial charge in [0, 0.05) is 22.6 Å². The zero-order chi connectivity index (χ0) is 21.4. The van der Waals surface area contributed by atoms with Crippen molar-refractivity contribution in [1.29, 1.82) is 0 Å². The number of hydrogen-bond donors (Lipinski definition) is 1. The second-order valence-corrected chi connectivity index (χ2v) is 7.94. The summed E-state index contributed by atoms with van der Waals surface area (Å²) in [5.74, 6) is -0.314. The predicted molar refractivity (Wildman–Crippen MR) is 119 cm³/mol. The maximum absolute atomic E-state index is 13.3. The van der Waals surface area contributed by atoms with Gasteiger partial charge < -0.3 is 10.2 Å². The van der Waals surface area contributed by atoms with Crippen LogP contribution in [0.1, 0.15) is 44.7 Å². The van der Waals surface area contributed by atoms with Crippen LogP contribution in [0.15, 0.2) is 48.5 Å². The second kappa shape index (κ2) is 11.2. The van der Waals surface area contributed by atoms with Crippen LogP contribution in [-0.4, -0.2) is 28.8 Å². The lowest BCUT2D eigenvalue weighted by atomic mass is 10.1. The quantitative estimate of drug-likeness (QED) is 0.584. The molecule has 0 spiro atoms. The minimum absolute atomic E-state index is 0.0392. The highest BCUT2D eigenvalue weighted by Gasteiger charge is 2.29. The van der Waals surface area contributed by atoms with E-state index in [0.717, 1.165) is 17.5 Å². The number of nitrogens with one attached hydrogen (secondary N) is 1. The summed E-state index contributed by atoms with van der Waals surface area (Å²) in [5, 5.41) is 4.11. The van der Waals surface area contributed by atoms with Gasteiger partial charge in [-0.25, -0.2) is 0 Å². The summed E-state index contributed by atoms with van der Waals surface area (Å²) in [6, 6.07) is 14.1. The number of carbonyl (C=O) groups is 2. The molecule has 0 aromatic heterocycles. The van der Waals surface area contributed by atoms with Crippen molar-refractivity contribution in [1.82, 2.24) is 10.2 Å². The van der Waals surface area contributed by atoms with E-state index >= 15 is 0 Å². The number of carbonyl (C=O) groups excluding carboxylic acids is 2. The minimum Gasteiger partial charge on any atom is -0.352 e. The van der Waals surface area contributed by atoms with Crippen molar-refractivity contribution in [2.24, 2.45) is 0 Å². The first kappa shape index (κ1) is 23.2. The first-order chi connectivity index (χ1) is 13.9. The van der Waals surface area contributed by atoms with Gasteiger partial charge in [-0.3, -0.25) is 9.59 Å². The number of hydrogen-bond acceptors (Lipinski definition) is 2. The van der Waals surface area contributed by atoms with Gasteiger partial charge >= 0.3 is 0 Å². The van der Waals surface area contributed by atoms with Crippen molar-refractivity contribution in [3.05, 3.63) is 69.7 Å². The molecule has 0 aliphatic rings. The fourth-order valence-electron chi connectivity index (χ4n) is 3.08. The van der Waals surface area contributed by atoms with E-state index in [1.165, 1.54) is 0 Å². The molecule has 2 atom stereocenters. The first-order valence-electron chi connectivity index (χ1n) is 9.94. The highest BCUT2D eigenvalue weighted by molar-refractivity contribution is 6.31. The van der Waals surface area contributed by atoms with Crippen molar-refractivity contribution in [2.45, 2.75) is 58.7 Å². The fourth-order valence-corrected chi connectivity index (χ4v) is 3.48. The third-order valence-electron chi connectivity index (χ3n) is 4.98. The van der Waals surface area contributed by atoms with E-state index in [9.17, 15) is 9.59 Å². The zero-order valence-electron chi connectivity index (χ0n) is 17.1. The van der Waals surface area contributed by atoms with Crippen LogP contribution in [-0.2, 0) is 22.6 Å². The van der Waals surface area contributed by atoms with E-state index in [-0.39, 0.29) is 30.8 Å². The van der Waals surface area contributed by atoms with Crippen molar-refractivity contribution in [2.75, 3.05) is 0 Å². The lowest BCUT2D eigenvalue weighted by Crippen LogP contribution is -2.51. The van der Waals surface area contributed by atoms with Crippen LogP contribution >= 0.6 is 23.2 Å². The Hall–Kier alpha value is -2.04. The normalized spacial score (nSPS) is 12.9. The molecule has 0 radical (unpaired) electrons. The maximum Gasteiger partial charge on any atom is 0.243 e. The lowest BCUT2D eigenvalue weighted by Gasteiger charge is -2.32. The molecule has 156 valence electrons. The molecule has 0 bridgehead atoms. The Morgan fingerprint density at radius 3 is 2.00 bits per heavy atom. The van der Waals surface area contributed by atoms with Gasteiger partial charge in [0.25, 0.3) is 0 Å². The lowest BCUT2D eigenvalue weighted by molar-refractivity contribution is -0.141. The largest absolute Gasteiger partial charge is 0.352 e. The average molecular weight is 435 g/mol. The number of benzene rings is 2. The van der Waals surface area contributed by atoms with E-state index in [1.54, 1.807) is 17.0 Å². The Labute approximate surface area is 183 Å². The number of rotatable bonds is 9. The molecule has 2 amide bonds. The maximum atomic E-state index is 13.3. The zero-order valence-corrected chi connectivity index (χ0v) is 18.6. The Kier molecular flexibility index (Phi) is 8.99. The molecule has 0 aliphatic heterocycles. The third-order valence-corrected chi connectivity index (χ3v) is 5.72. The average Bonchev–Trinajstić information content (AvgIpc) is 2.70. The topological polar surface area (TPSA) is 49.4 Å². The minimum atomic E-state index is -0.588. The molecule has 2 rings (SSSR count). The molecule has 0 fully saturated rings. The van der Waals surface area contributed by atoms with Crippen LogP contribution in [0, 0.1) is 0 Å². The van der Waals surface area contributed by atoms with Crippen molar-refractivity contribution in [3.8, 4) is 0 Å². The summed E-state index contributed by atoms with van der Waals surface area (Å²) in [4.78, 5) is 27.8. The highest BCUT2D eigenvalue weighted by atomic mass is 35.5. The number of amides is 2. The van der Waals surface area contributed by atoms with Crippen LogP contribution in [0.25, 0.3) is 0 Å². The van der Waals surface area contributed by atoms with E-state index < -0.39 is 6.04 Å². The summed E-state index contributed by atoms with van der Waals surface area (Å²) in [5.41, 5.74) is 1.54. The summed E-state index contributed by atoms with van der Waals surface area (Å²) >= 11 is 12.6. The van der Waals surface area contributed by atoms with Crippen LogP contribution in [0.4, 0.5) is 0 Å². The molecule has 0 aliphatic carbocycles. The standard InChI is InChI=1S/C23H28Cl2N2O2/c1-4-16(3)26-23(29)21(5-2)27(15-18-11-7-9-13-20(18)25)22(28)14-17-10-6-8-12-19(17)24/h6-13,16,21H,4-5,14-15H2,1-3H3,(H,26,29)/t16-,21-/m1/s1. The molecule has 0 unspecified atom stereocenters. The molecule has 0 heterocycles. The summed E-state index contributed by atoms with van der Waals surface area (Å²) < 4.78 is 0. The molecular weight excluding hydrogens is 407 g/mol. The second-order valence-electron chi connectivity index (χ2n) is 7.12. The van der Waals surface area contributed by atoms with Crippen molar-refractivity contribution in [3.63, 3.8) is 0 Å². The molecule has 1 N–H and O–H groups in total. The van der Waals surface area contributed by atoms with Crippen molar-refractivity contribution < 1.29 is 9.59 Å². The first-order valence-corrected chi connectivity index (χ1v) is 10.7. The van der Waals surface area contributed by atoms with Crippen LogP contribution in [0.5, 0.6) is 0 Å². The molecule has 29 heavy (non-hydrogen) atoms. The smallest absolute Gasteiger partial charge is 0.243 e. The monoisotopic (exact) mass is 434 g/mol. The van der Waals surface area contributed by atoms with Crippen molar-refractivity contribution >= 4 is 35.0 Å². The highest BCUT2D eigenvalue weighted by Crippen LogP contribution is 2.22. The molecule has 0 saturated heterocycles. The molecule has 2 aromatic rings. The summed E-state index contributed by atoms with van der Waals surface area (Å²) in [6.45, 7) is 6.13. The molecule has 0 saturated carbocycles. The summed E-state index contributed by atoms with van der Waals surface area (Å²) in [7, 11) is 0. The van der Waals surface area contributed by atoms with Gasteiger partial charge in [-0.1, -0.05) is 73.4 Å². The van der Waals surface area contributed by atoms with Gasteiger partial charge in [-0.05, 0) is 43.0 Å². The van der Waals surface area contributed by atoms with Gasteiger partial charge in [0.15, 0.2) is 0 Å². The van der Waals surface area contributed by atoms with Gasteiger partial charge in [0.2, 0.25) is 11.8 Å². The molecule has 4 nitrogen and oxygen atoms in total. The SMILES string of the molecule is CC[C@@H](C)NC(=O)[C@@H](CC)N(Cc1ccccc1Cl)C(=O)Cc1ccccc1Cl. The Morgan fingerprint density at radius 1 is 0.931 bits per heavy atom.